The van der Waals surface area contributed by atoms with E-state index in [0.717, 1.165) is 6.20 Å². The van der Waals surface area contributed by atoms with E-state index in [9.17, 15) is 13.6 Å². The molecule has 0 atom stereocenters. The van der Waals surface area contributed by atoms with Gasteiger partial charge in [-0.05, 0) is 0 Å². The Morgan fingerprint density at radius 2 is 2.00 bits per heavy atom. The summed E-state index contributed by atoms with van der Waals surface area (Å²) >= 11 is 10.6. The largest absolute Gasteiger partial charge is 0.326 e. The monoisotopic (exact) mass is 213 g/mol. The summed E-state index contributed by atoms with van der Waals surface area (Å²) in [5.74, 6) is 0. The van der Waals surface area contributed by atoms with Crippen molar-refractivity contribution >= 4 is 23.2 Å². The third-order valence-electron chi connectivity index (χ3n) is 1.24. The minimum absolute atomic E-state index is 0.241. The second-order valence-corrected chi connectivity index (χ2v) is 2.78. The van der Waals surface area contributed by atoms with Crippen LogP contribution in [0.15, 0.2) is 11.0 Å². The van der Waals surface area contributed by atoms with Gasteiger partial charge in [0.2, 0.25) is 0 Å². The fourth-order valence-electron chi connectivity index (χ4n) is 0.697. The minimum Gasteiger partial charge on any atom is -0.326 e. The molecule has 0 aromatic carbocycles. The number of aromatic nitrogens is 1. The second-order valence-electron chi connectivity index (χ2n) is 1.99. The molecule has 0 aliphatic carbocycles. The normalized spacial score (nSPS) is 10.8. The Kier molecular flexibility index (Phi) is 2.69. The summed E-state index contributed by atoms with van der Waals surface area (Å²) in [6, 6.07) is 0. The summed E-state index contributed by atoms with van der Waals surface area (Å²) in [5, 5.41) is -0.799. The van der Waals surface area contributed by atoms with Crippen LogP contribution in [0.2, 0.25) is 10.0 Å². The molecule has 0 saturated carbocycles. The van der Waals surface area contributed by atoms with E-state index in [1.54, 1.807) is 0 Å². The van der Waals surface area contributed by atoms with Crippen molar-refractivity contribution in [2.24, 2.45) is 0 Å². The van der Waals surface area contributed by atoms with Crippen LogP contribution < -0.4 is 5.56 Å². The molecule has 0 bridgehead atoms. The van der Waals surface area contributed by atoms with Crippen molar-refractivity contribution in [3.8, 4) is 0 Å². The van der Waals surface area contributed by atoms with Crippen molar-refractivity contribution in [3.05, 3.63) is 32.2 Å². The van der Waals surface area contributed by atoms with E-state index in [2.05, 4.69) is 4.98 Å². The number of hydrogen-bond donors (Lipinski definition) is 1. The van der Waals surface area contributed by atoms with Crippen LogP contribution in [0.1, 0.15) is 12.0 Å². The maximum atomic E-state index is 12.1. The number of nitrogens with one attached hydrogen (secondary N) is 1. The zero-order valence-electron chi connectivity index (χ0n) is 5.57. The number of alkyl halides is 2. The van der Waals surface area contributed by atoms with E-state index in [0.29, 0.717) is 0 Å². The third-order valence-corrected chi connectivity index (χ3v) is 1.93. The molecule has 1 heterocycles. The van der Waals surface area contributed by atoms with Crippen LogP contribution in [0, 0.1) is 0 Å². The molecule has 0 unspecified atom stereocenters. The van der Waals surface area contributed by atoms with Crippen LogP contribution in [0.4, 0.5) is 8.78 Å². The van der Waals surface area contributed by atoms with E-state index < -0.39 is 22.6 Å². The van der Waals surface area contributed by atoms with Gasteiger partial charge in [-0.1, -0.05) is 23.2 Å². The van der Waals surface area contributed by atoms with Gasteiger partial charge in [0.25, 0.3) is 12.0 Å². The highest BCUT2D eigenvalue weighted by molar-refractivity contribution is 6.35. The van der Waals surface area contributed by atoms with Gasteiger partial charge in [0.1, 0.15) is 5.02 Å². The lowest BCUT2D eigenvalue weighted by atomic mass is 10.3. The lowest BCUT2D eigenvalue weighted by Gasteiger charge is -2.02. The van der Waals surface area contributed by atoms with Crippen LogP contribution in [-0.2, 0) is 0 Å². The van der Waals surface area contributed by atoms with Crippen molar-refractivity contribution in [1.29, 1.82) is 0 Å². The van der Waals surface area contributed by atoms with Crippen molar-refractivity contribution in [3.63, 3.8) is 0 Å². The maximum Gasteiger partial charge on any atom is 0.267 e. The van der Waals surface area contributed by atoms with Crippen LogP contribution >= 0.6 is 23.2 Å². The first-order chi connectivity index (χ1) is 5.54. The maximum absolute atomic E-state index is 12.1. The van der Waals surface area contributed by atoms with E-state index in [-0.39, 0.29) is 5.02 Å². The van der Waals surface area contributed by atoms with Gasteiger partial charge in [0.15, 0.2) is 0 Å². The Morgan fingerprint density at radius 3 is 2.42 bits per heavy atom. The topological polar surface area (TPSA) is 32.9 Å². The van der Waals surface area contributed by atoms with Crippen molar-refractivity contribution in [2.75, 3.05) is 0 Å². The van der Waals surface area contributed by atoms with Crippen LogP contribution in [0.3, 0.4) is 0 Å². The average molecular weight is 214 g/mol. The summed E-state index contributed by atoms with van der Waals surface area (Å²) in [5.41, 5.74) is -1.39. The first-order valence-electron chi connectivity index (χ1n) is 2.88. The van der Waals surface area contributed by atoms with Crippen molar-refractivity contribution in [2.45, 2.75) is 6.43 Å². The predicted molar refractivity (Wildman–Crippen MR) is 42.0 cm³/mol. The lowest BCUT2D eigenvalue weighted by Crippen LogP contribution is -2.08. The summed E-state index contributed by atoms with van der Waals surface area (Å²) in [6.45, 7) is 0. The molecule has 12 heavy (non-hydrogen) atoms. The standard InChI is InChI=1S/C6H3Cl2F2NO/c7-2-1-11-6(12)4(8)3(2)5(9)10/h1,5H,(H,11,12). The number of aromatic amines is 1. The number of H-pyrrole nitrogens is 1. The first kappa shape index (κ1) is 9.48. The van der Waals surface area contributed by atoms with Gasteiger partial charge < -0.3 is 4.98 Å². The fourth-order valence-corrected chi connectivity index (χ4v) is 1.22. The van der Waals surface area contributed by atoms with E-state index in [1.807, 2.05) is 0 Å². The Hall–Kier alpha value is -0.610. The number of hydrogen-bond acceptors (Lipinski definition) is 1. The molecule has 1 rings (SSSR count). The number of pyridine rings is 1. The molecule has 1 aromatic rings. The number of halogens is 4. The highest BCUT2D eigenvalue weighted by Crippen LogP contribution is 2.30. The smallest absolute Gasteiger partial charge is 0.267 e. The van der Waals surface area contributed by atoms with E-state index in [1.165, 1.54) is 0 Å². The van der Waals surface area contributed by atoms with E-state index in [4.69, 9.17) is 23.2 Å². The molecule has 2 nitrogen and oxygen atoms in total. The lowest BCUT2D eigenvalue weighted by molar-refractivity contribution is 0.151. The third kappa shape index (κ3) is 1.59. The zero-order valence-corrected chi connectivity index (χ0v) is 7.09. The summed E-state index contributed by atoms with van der Waals surface area (Å²) < 4.78 is 24.3. The summed E-state index contributed by atoms with van der Waals surface area (Å²) in [4.78, 5) is 12.8. The van der Waals surface area contributed by atoms with Gasteiger partial charge >= 0.3 is 0 Å². The zero-order chi connectivity index (χ0) is 9.30. The Labute approximate surface area is 76.1 Å². The molecule has 66 valence electrons. The quantitative estimate of drug-likeness (QED) is 0.765. The number of rotatable bonds is 1. The van der Waals surface area contributed by atoms with Gasteiger partial charge in [-0.3, -0.25) is 4.79 Å². The van der Waals surface area contributed by atoms with Gasteiger partial charge in [-0.2, -0.15) is 0 Å². The van der Waals surface area contributed by atoms with Gasteiger partial charge in [0.05, 0.1) is 10.6 Å². The molecule has 1 N–H and O–H groups in total. The molecular weight excluding hydrogens is 211 g/mol. The fraction of sp³-hybridized carbons (Fsp3) is 0.167. The van der Waals surface area contributed by atoms with Crippen LogP contribution in [-0.4, -0.2) is 4.98 Å². The molecule has 0 aliphatic heterocycles. The van der Waals surface area contributed by atoms with Crippen molar-refractivity contribution < 1.29 is 8.78 Å². The van der Waals surface area contributed by atoms with Crippen molar-refractivity contribution in [1.82, 2.24) is 4.98 Å². The molecule has 0 fully saturated rings. The molecule has 0 amide bonds. The summed E-state index contributed by atoms with van der Waals surface area (Å²) in [7, 11) is 0. The highest BCUT2D eigenvalue weighted by Gasteiger charge is 2.18. The van der Waals surface area contributed by atoms with Gasteiger partial charge in [-0.25, -0.2) is 8.78 Å². The SMILES string of the molecule is O=c1[nH]cc(Cl)c(C(F)F)c1Cl. The summed E-state index contributed by atoms with van der Waals surface area (Å²) in [6.07, 6.45) is -1.86. The Balaban J connectivity index is 3.43. The minimum atomic E-state index is -2.84. The molecule has 1 aromatic heterocycles. The molecule has 0 aliphatic rings. The first-order valence-corrected chi connectivity index (χ1v) is 3.64. The molecule has 6 heteroatoms. The predicted octanol–water partition coefficient (Wildman–Crippen LogP) is 2.62. The van der Waals surface area contributed by atoms with E-state index >= 15 is 0 Å². The molecular formula is C6H3Cl2F2NO. The van der Waals surface area contributed by atoms with Gasteiger partial charge in [0, 0.05) is 6.20 Å². The second kappa shape index (κ2) is 3.41. The van der Waals surface area contributed by atoms with Crippen LogP contribution in [0.5, 0.6) is 0 Å². The molecule has 0 spiro atoms. The molecule has 0 saturated heterocycles. The van der Waals surface area contributed by atoms with Crippen LogP contribution in [0.25, 0.3) is 0 Å². The van der Waals surface area contributed by atoms with Gasteiger partial charge in [-0.15, -0.1) is 0 Å². The Bertz CT molecular complexity index is 350. The Morgan fingerprint density at radius 1 is 1.42 bits per heavy atom. The average Bonchev–Trinajstić information content (AvgIpc) is 1.97. The molecule has 0 radical (unpaired) electrons. The highest BCUT2D eigenvalue weighted by atomic mass is 35.5.